The monoisotopic (exact) mass is 529 g/mol. The van der Waals surface area contributed by atoms with Crippen LogP contribution < -0.4 is 30.7 Å². The number of carbonyl (C=O) groups is 2. The van der Waals surface area contributed by atoms with Crippen LogP contribution in [0.2, 0.25) is 0 Å². The number of aromatic nitrogens is 2. The first-order valence-corrected chi connectivity index (χ1v) is 14.0. The van der Waals surface area contributed by atoms with Crippen molar-refractivity contribution in [2.24, 2.45) is 0 Å². The van der Waals surface area contributed by atoms with Crippen LogP contribution in [-0.2, 0) is 16.1 Å². The predicted molar refractivity (Wildman–Crippen MR) is 145 cm³/mol. The van der Waals surface area contributed by atoms with E-state index >= 15 is 0 Å². The molecule has 0 aromatic carbocycles. The molecule has 192 valence electrons. The van der Waals surface area contributed by atoms with E-state index in [1.54, 1.807) is 43.8 Å². The van der Waals surface area contributed by atoms with Gasteiger partial charge in [0.1, 0.15) is 26.9 Å². The van der Waals surface area contributed by atoms with Gasteiger partial charge in [-0.3, -0.25) is 23.9 Å². The van der Waals surface area contributed by atoms with Crippen LogP contribution in [0.15, 0.2) is 23.0 Å². The number of nitrogens with one attached hydrogen (secondary N) is 3. The quantitative estimate of drug-likeness (QED) is 0.411. The summed E-state index contributed by atoms with van der Waals surface area (Å²) in [6.07, 6.45) is 5.80. The Morgan fingerprint density at radius 1 is 1.33 bits per heavy atom. The minimum atomic E-state index is -0.512. The molecule has 12 heteroatoms. The third-order valence-corrected chi connectivity index (χ3v) is 7.53. The zero-order chi connectivity index (χ0) is 26.1. The summed E-state index contributed by atoms with van der Waals surface area (Å²) in [6.45, 7) is 5.48. The van der Waals surface area contributed by atoms with Gasteiger partial charge in [-0.2, -0.15) is 17.0 Å². The third kappa shape index (κ3) is 6.75. The average molecular weight is 530 g/mol. The summed E-state index contributed by atoms with van der Waals surface area (Å²) in [5, 5.41) is 18.0. The van der Waals surface area contributed by atoms with E-state index in [0.29, 0.717) is 46.5 Å². The van der Waals surface area contributed by atoms with Crippen molar-refractivity contribution < 1.29 is 9.59 Å². The largest absolute Gasteiger partial charge is 0.352 e. The Morgan fingerprint density at radius 2 is 2.11 bits per heavy atom. The second-order valence-corrected chi connectivity index (χ2v) is 10.1. The summed E-state index contributed by atoms with van der Waals surface area (Å²) in [5.41, 5.74) is -0.405. The van der Waals surface area contributed by atoms with E-state index < -0.39 is 5.91 Å². The highest BCUT2D eigenvalue weighted by atomic mass is 32.2. The van der Waals surface area contributed by atoms with E-state index in [4.69, 9.17) is 0 Å². The fourth-order valence-electron chi connectivity index (χ4n) is 4.01. The van der Waals surface area contributed by atoms with Crippen LogP contribution in [-0.4, -0.2) is 64.0 Å². The van der Waals surface area contributed by atoms with Crippen LogP contribution in [0.1, 0.15) is 26.7 Å². The van der Waals surface area contributed by atoms with Gasteiger partial charge in [0.25, 0.3) is 11.5 Å². The molecule has 1 fully saturated rings. The number of hydrogen-bond acceptors (Lipinski definition) is 9. The van der Waals surface area contributed by atoms with E-state index in [9.17, 15) is 19.6 Å². The smallest absolute Gasteiger partial charge is 0.270 e. The molecule has 3 heterocycles. The second kappa shape index (κ2) is 13.2. The molecule has 1 saturated heterocycles. The lowest BCUT2D eigenvalue weighted by Crippen LogP contribution is -2.38. The standard InChI is InChI=1S/C24H31N7O3S2/c1-4-26-22(33)17(12-25)24-31(5-2)23(34)18(36-24)13-27-19-9-6-10-20(28-19)29-21(32)14-30-11-7-8-16(30)15-35-3/h6,9-10,13,16H,4-5,7-8,11,14-15H2,1-3H3,(H,26,33)(H2,27,28,29,32). The van der Waals surface area contributed by atoms with Crippen molar-refractivity contribution in [3.8, 4) is 6.07 Å². The van der Waals surface area contributed by atoms with Crippen LogP contribution in [0, 0.1) is 11.3 Å². The van der Waals surface area contributed by atoms with E-state index in [1.165, 1.54) is 10.8 Å². The number of hydrogen-bond donors (Lipinski definition) is 3. The molecule has 1 aliphatic heterocycles. The lowest BCUT2D eigenvalue weighted by molar-refractivity contribution is -0.117. The molecule has 10 nitrogen and oxygen atoms in total. The Labute approximate surface area is 218 Å². The number of amides is 2. The first-order chi connectivity index (χ1) is 17.4. The number of thioether (sulfide) groups is 1. The van der Waals surface area contributed by atoms with E-state index in [-0.39, 0.29) is 17.0 Å². The molecule has 0 aliphatic carbocycles. The summed E-state index contributed by atoms with van der Waals surface area (Å²) in [4.78, 5) is 44.3. The zero-order valence-corrected chi connectivity index (χ0v) is 22.3. The Morgan fingerprint density at radius 3 is 2.81 bits per heavy atom. The number of thiazole rings is 1. The molecule has 0 radical (unpaired) electrons. The van der Waals surface area contributed by atoms with Gasteiger partial charge in [0.2, 0.25) is 5.91 Å². The SMILES string of the molecule is CCNC(=O)C(C#N)=c1sc(=CNc2cccc(NC(=O)CN3CCCC3CSC)n2)c(=O)n1CC. The number of nitrogens with zero attached hydrogens (tertiary/aromatic N) is 4. The van der Waals surface area contributed by atoms with E-state index in [1.807, 2.05) is 6.07 Å². The molecule has 3 N–H and O–H groups in total. The summed E-state index contributed by atoms with van der Waals surface area (Å²) >= 11 is 2.85. The number of likely N-dealkylation sites (tertiary alicyclic amines) is 1. The topological polar surface area (TPSA) is 132 Å². The minimum absolute atomic E-state index is 0.0962. The maximum atomic E-state index is 12.9. The maximum Gasteiger partial charge on any atom is 0.270 e. The van der Waals surface area contributed by atoms with Gasteiger partial charge in [0, 0.05) is 31.1 Å². The highest BCUT2D eigenvalue weighted by molar-refractivity contribution is 7.98. The van der Waals surface area contributed by atoms with Crippen LogP contribution in [0.4, 0.5) is 11.6 Å². The zero-order valence-electron chi connectivity index (χ0n) is 20.7. The summed E-state index contributed by atoms with van der Waals surface area (Å²) in [6, 6.07) is 7.53. The number of rotatable bonds is 10. The summed E-state index contributed by atoms with van der Waals surface area (Å²) < 4.78 is 2.03. The molecule has 3 rings (SSSR count). The Balaban J connectivity index is 1.78. The minimum Gasteiger partial charge on any atom is -0.352 e. The first kappa shape index (κ1) is 27.4. The van der Waals surface area contributed by atoms with Gasteiger partial charge in [-0.05, 0) is 51.6 Å². The summed E-state index contributed by atoms with van der Waals surface area (Å²) in [5.74, 6) is 1.24. The van der Waals surface area contributed by atoms with Crippen molar-refractivity contribution in [3.63, 3.8) is 0 Å². The van der Waals surface area contributed by atoms with Gasteiger partial charge in [0.05, 0.1) is 6.54 Å². The lowest BCUT2D eigenvalue weighted by Gasteiger charge is -2.22. The summed E-state index contributed by atoms with van der Waals surface area (Å²) in [7, 11) is 0. The normalized spacial score (nSPS) is 16.9. The Kier molecular flexibility index (Phi) is 10.1. The molecular formula is C24H31N7O3S2. The van der Waals surface area contributed by atoms with Crippen LogP contribution in [0.3, 0.4) is 0 Å². The van der Waals surface area contributed by atoms with Crippen molar-refractivity contribution in [1.29, 1.82) is 5.26 Å². The van der Waals surface area contributed by atoms with Gasteiger partial charge < -0.3 is 16.0 Å². The highest BCUT2D eigenvalue weighted by Gasteiger charge is 2.25. The molecule has 0 spiro atoms. The van der Waals surface area contributed by atoms with Crippen molar-refractivity contribution in [2.45, 2.75) is 39.3 Å². The highest BCUT2D eigenvalue weighted by Crippen LogP contribution is 2.20. The molecule has 1 unspecified atom stereocenters. The second-order valence-electron chi connectivity index (χ2n) is 8.13. The Hall–Kier alpha value is -3.14. The maximum absolute atomic E-state index is 12.9. The molecule has 2 aromatic rings. The predicted octanol–water partition coefficient (Wildman–Crippen LogP) is 0.751. The first-order valence-electron chi connectivity index (χ1n) is 11.8. The van der Waals surface area contributed by atoms with E-state index in [0.717, 1.165) is 36.5 Å². The molecule has 1 atom stereocenters. The van der Waals surface area contributed by atoms with E-state index in [2.05, 4.69) is 32.1 Å². The number of carbonyl (C=O) groups excluding carboxylic acids is 2. The number of anilines is 2. The van der Waals surface area contributed by atoms with Crippen LogP contribution >= 0.6 is 23.1 Å². The van der Waals surface area contributed by atoms with Gasteiger partial charge in [-0.25, -0.2) is 4.98 Å². The van der Waals surface area contributed by atoms with Crippen molar-refractivity contribution >= 4 is 58.3 Å². The molecule has 0 bridgehead atoms. The Bertz CT molecular complexity index is 1310. The van der Waals surface area contributed by atoms with Gasteiger partial charge in [-0.1, -0.05) is 6.07 Å². The fourth-order valence-corrected chi connectivity index (χ4v) is 5.86. The molecule has 2 aromatic heterocycles. The lowest BCUT2D eigenvalue weighted by atomic mass is 10.2. The fraction of sp³-hybridized carbons (Fsp3) is 0.458. The van der Waals surface area contributed by atoms with Crippen LogP contribution in [0.5, 0.6) is 0 Å². The van der Waals surface area contributed by atoms with Gasteiger partial charge >= 0.3 is 0 Å². The molecule has 1 aliphatic rings. The van der Waals surface area contributed by atoms with Gasteiger partial charge in [0.15, 0.2) is 5.57 Å². The van der Waals surface area contributed by atoms with Crippen molar-refractivity contribution in [1.82, 2.24) is 19.8 Å². The van der Waals surface area contributed by atoms with Crippen molar-refractivity contribution in [2.75, 3.05) is 42.3 Å². The number of pyridine rings is 1. The molecule has 36 heavy (non-hydrogen) atoms. The molecule has 0 saturated carbocycles. The average Bonchev–Trinajstić information content (AvgIpc) is 3.42. The van der Waals surface area contributed by atoms with Gasteiger partial charge in [-0.15, -0.1) is 11.3 Å². The number of nitriles is 1. The van der Waals surface area contributed by atoms with Crippen molar-refractivity contribution in [3.05, 3.63) is 37.7 Å². The third-order valence-electron chi connectivity index (χ3n) is 5.69. The molecule has 2 amide bonds. The molecular weight excluding hydrogens is 498 g/mol. The van der Waals surface area contributed by atoms with Crippen LogP contribution in [0.25, 0.3) is 11.8 Å².